The number of hydrogen-bond donors (Lipinski definition) is 1. The van der Waals surface area contributed by atoms with E-state index in [0.717, 1.165) is 40.8 Å². The maximum atomic E-state index is 4.36. The van der Waals surface area contributed by atoms with Crippen LogP contribution in [0.2, 0.25) is 0 Å². The highest BCUT2D eigenvalue weighted by molar-refractivity contribution is 5.99. The summed E-state index contributed by atoms with van der Waals surface area (Å²) in [6.07, 6.45) is 4.94. The van der Waals surface area contributed by atoms with Gasteiger partial charge in [-0.15, -0.1) is 10.2 Å². The molecule has 3 rings (SSSR count). The lowest BCUT2D eigenvalue weighted by Gasteiger charge is -2.07. The van der Waals surface area contributed by atoms with Crippen molar-refractivity contribution < 1.29 is 0 Å². The number of nitrogens with zero attached hydrogens (tertiary/aromatic N) is 4. The van der Waals surface area contributed by atoms with Crippen LogP contribution < -0.4 is 5.32 Å². The van der Waals surface area contributed by atoms with Crippen LogP contribution in [0.1, 0.15) is 13.3 Å². The van der Waals surface area contributed by atoms with Gasteiger partial charge in [0.05, 0.1) is 6.20 Å². The Balaban J connectivity index is 2.15. The standard InChI is InChI=1S/C15H17N5/c1-3-8-20-10-11(9-17-20)14-12-6-4-5-7-13(12)15(16-2)19-18-14/h4-7,9-10H,3,8H2,1-2H3,(H,16,19). The average molecular weight is 267 g/mol. The summed E-state index contributed by atoms with van der Waals surface area (Å²) in [5.41, 5.74) is 1.88. The third-order valence-corrected chi connectivity index (χ3v) is 3.28. The van der Waals surface area contributed by atoms with Crippen LogP contribution in [-0.2, 0) is 6.54 Å². The number of rotatable bonds is 4. The van der Waals surface area contributed by atoms with Gasteiger partial charge in [0.25, 0.3) is 0 Å². The molecule has 0 radical (unpaired) electrons. The first kappa shape index (κ1) is 12.6. The van der Waals surface area contributed by atoms with Crippen molar-refractivity contribution in [3.05, 3.63) is 36.7 Å². The van der Waals surface area contributed by atoms with E-state index < -0.39 is 0 Å². The molecule has 0 aliphatic rings. The molecular weight excluding hydrogens is 250 g/mol. The number of aromatic nitrogens is 4. The zero-order valence-corrected chi connectivity index (χ0v) is 11.7. The molecule has 0 aliphatic carbocycles. The van der Waals surface area contributed by atoms with Gasteiger partial charge in [-0.1, -0.05) is 31.2 Å². The molecule has 0 amide bonds. The molecule has 1 N–H and O–H groups in total. The van der Waals surface area contributed by atoms with Gasteiger partial charge in [0.2, 0.25) is 0 Å². The van der Waals surface area contributed by atoms with E-state index in [1.54, 1.807) is 0 Å². The molecule has 20 heavy (non-hydrogen) atoms. The van der Waals surface area contributed by atoms with Gasteiger partial charge in [0.15, 0.2) is 5.82 Å². The number of anilines is 1. The quantitative estimate of drug-likeness (QED) is 0.789. The SMILES string of the molecule is CCCn1cc(-c2nnc(NC)c3ccccc23)cn1. The second kappa shape index (κ2) is 5.28. The average Bonchev–Trinajstić information content (AvgIpc) is 2.95. The molecule has 0 aliphatic heterocycles. The minimum atomic E-state index is 0.797. The normalized spacial score (nSPS) is 10.9. The van der Waals surface area contributed by atoms with Crippen LogP contribution in [0.5, 0.6) is 0 Å². The van der Waals surface area contributed by atoms with Gasteiger partial charge in [-0.3, -0.25) is 4.68 Å². The van der Waals surface area contributed by atoms with E-state index >= 15 is 0 Å². The minimum Gasteiger partial charge on any atom is -0.371 e. The summed E-state index contributed by atoms with van der Waals surface area (Å²) in [6, 6.07) is 8.14. The van der Waals surface area contributed by atoms with Crippen LogP contribution >= 0.6 is 0 Å². The van der Waals surface area contributed by atoms with Crippen molar-refractivity contribution in [3.63, 3.8) is 0 Å². The topological polar surface area (TPSA) is 55.6 Å². The lowest BCUT2D eigenvalue weighted by Crippen LogP contribution is -1.98. The van der Waals surface area contributed by atoms with Crippen molar-refractivity contribution in [1.29, 1.82) is 0 Å². The Bertz CT molecular complexity index is 732. The Kier molecular flexibility index (Phi) is 3.33. The molecule has 0 fully saturated rings. The van der Waals surface area contributed by atoms with Crippen LogP contribution in [0.15, 0.2) is 36.7 Å². The molecule has 5 nitrogen and oxygen atoms in total. The first-order valence-corrected chi connectivity index (χ1v) is 6.79. The van der Waals surface area contributed by atoms with Crippen molar-refractivity contribution >= 4 is 16.6 Å². The molecule has 0 bridgehead atoms. The van der Waals surface area contributed by atoms with E-state index in [1.807, 2.05) is 36.3 Å². The summed E-state index contributed by atoms with van der Waals surface area (Å²) < 4.78 is 1.94. The zero-order chi connectivity index (χ0) is 13.9. The van der Waals surface area contributed by atoms with Gasteiger partial charge in [0, 0.05) is 36.1 Å². The van der Waals surface area contributed by atoms with Gasteiger partial charge in [-0.25, -0.2) is 0 Å². The predicted molar refractivity (Wildman–Crippen MR) is 80.6 cm³/mol. The minimum absolute atomic E-state index is 0.797. The Morgan fingerprint density at radius 2 is 1.95 bits per heavy atom. The largest absolute Gasteiger partial charge is 0.371 e. The Morgan fingerprint density at radius 3 is 2.70 bits per heavy atom. The van der Waals surface area contributed by atoms with Crippen LogP contribution in [0.3, 0.4) is 0 Å². The lowest BCUT2D eigenvalue weighted by molar-refractivity contribution is 0.603. The van der Waals surface area contributed by atoms with E-state index in [2.05, 4.69) is 39.7 Å². The molecule has 0 atom stereocenters. The van der Waals surface area contributed by atoms with Crippen LogP contribution in [0.4, 0.5) is 5.82 Å². The molecule has 0 spiro atoms. The van der Waals surface area contributed by atoms with Gasteiger partial charge in [-0.2, -0.15) is 5.10 Å². The molecular formula is C15H17N5. The van der Waals surface area contributed by atoms with Gasteiger partial charge in [-0.05, 0) is 6.42 Å². The maximum absolute atomic E-state index is 4.36. The Morgan fingerprint density at radius 1 is 1.15 bits per heavy atom. The summed E-state index contributed by atoms with van der Waals surface area (Å²) in [5, 5.41) is 18.2. The second-order valence-corrected chi connectivity index (χ2v) is 4.68. The fourth-order valence-electron chi connectivity index (χ4n) is 2.34. The number of hydrogen-bond acceptors (Lipinski definition) is 4. The number of fused-ring (bicyclic) bond motifs is 1. The predicted octanol–water partition coefficient (Wildman–Crippen LogP) is 2.95. The molecule has 2 aromatic heterocycles. The molecule has 0 saturated carbocycles. The summed E-state index contributed by atoms with van der Waals surface area (Å²) in [6.45, 7) is 3.05. The second-order valence-electron chi connectivity index (χ2n) is 4.68. The highest BCUT2D eigenvalue weighted by Gasteiger charge is 2.11. The molecule has 3 aromatic rings. The van der Waals surface area contributed by atoms with Crippen molar-refractivity contribution in [2.24, 2.45) is 0 Å². The zero-order valence-electron chi connectivity index (χ0n) is 11.7. The smallest absolute Gasteiger partial charge is 0.156 e. The van der Waals surface area contributed by atoms with Crippen molar-refractivity contribution in [2.45, 2.75) is 19.9 Å². The molecule has 5 heteroatoms. The Labute approximate surface area is 117 Å². The highest BCUT2D eigenvalue weighted by Crippen LogP contribution is 2.29. The first-order chi connectivity index (χ1) is 9.83. The number of benzene rings is 1. The molecule has 1 aromatic carbocycles. The van der Waals surface area contributed by atoms with E-state index in [1.165, 1.54) is 0 Å². The van der Waals surface area contributed by atoms with Crippen LogP contribution in [0.25, 0.3) is 22.0 Å². The third-order valence-electron chi connectivity index (χ3n) is 3.28. The summed E-state index contributed by atoms with van der Waals surface area (Å²) in [7, 11) is 1.86. The number of nitrogens with one attached hydrogen (secondary N) is 1. The fraction of sp³-hybridized carbons (Fsp3) is 0.267. The van der Waals surface area contributed by atoms with Gasteiger partial charge in [0.1, 0.15) is 5.69 Å². The Hall–Kier alpha value is -2.43. The summed E-state index contributed by atoms with van der Waals surface area (Å²) >= 11 is 0. The number of aryl methyl sites for hydroxylation is 1. The molecule has 2 heterocycles. The van der Waals surface area contributed by atoms with Crippen molar-refractivity contribution in [1.82, 2.24) is 20.0 Å². The van der Waals surface area contributed by atoms with Crippen LogP contribution in [0, 0.1) is 0 Å². The van der Waals surface area contributed by atoms with E-state index in [4.69, 9.17) is 0 Å². The van der Waals surface area contributed by atoms with Crippen molar-refractivity contribution in [3.8, 4) is 11.3 Å². The monoisotopic (exact) mass is 267 g/mol. The van der Waals surface area contributed by atoms with E-state index in [9.17, 15) is 0 Å². The van der Waals surface area contributed by atoms with Crippen molar-refractivity contribution in [2.75, 3.05) is 12.4 Å². The molecule has 102 valence electrons. The van der Waals surface area contributed by atoms with Gasteiger partial charge >= 0.3 is 0 Å². The summed E-state index contributed by atoms with van der Waals surface area (Å²) in [4.78, 5) is 0. The summed E-state index contributed by atoms with van der Waals surface area (Å²) in [5.74, 6) is 0.797. The molecule has 0 unspecified atom stereocenters. The van der Waals surface area contributed by atoms with Gasteiger partial charge < -0.3 is 5.32 Å². The lowest BCUT2D eigenvalue weighted by atomic mass is 10.1. The highest BCUT2D eigenvalue weighted by atomic mass is 15.3. The fourth-order valence-corrected chi connectivity index (χ4v) is 2.34. The van der Waals surface area contributed by atoms with Crippen LogP contribution in [-0.4, -0.2) is 27.0 Å². The maximum Gasteiger partial charge on any atom is 0.156 e. The third kappa shape index (κ3) is 2.11. The first-order valence-electron chi connectivity index (χ1n) is 6.79. The molecule has 0 saturated heterocycles. The van der Waals surface area contributed by atoms with E-state index in [0.29, 0.717) is 0 Å². The van der Waals surface area contributed by atoms with E-state index in [-0.39, 0.29) is 0 Å².